The topological polar surface area (TPSA) is 61.9 Å². The third-order valence-corrected chi connectivity index (χ3v) is 4.54. The van der Waals surface area contributed by atoms with Gasteiger partial charge < -0.3 is 15.0 Å². The van der Waals surface area contributed by atoms with Crippen molar-refractivity contribution in [3.8, 4) is 0 Å². The van der Waals surface area contributed by atoms with Gasteiger partial charge in [-0.2, -0.15) is 0 Å². The molecule has 24 heavy (non-hydrogen) atoms. The maximum absolute atomic E-state index is 12.2. The highest BCUT2D eigenvalue weighted by molar-refractivity contribution is 9.10. The zero-order chi connectivity index (χ0) is 17.5. The second-order valence-electron chi connectivity index (χ2n) is 5.80. The lowest BCUT2D eigenvalue weighted by Gasteiger charge is -2.33. The molecule has 0 aliphatic carbocycles. The van der Waals surface area contributed by atoms with E-state index in [-0.39, 0.29) is 18.0 Å². The Balaban J connectivity index is 1.75. The molecule has 0 spiro atoms. The molecule has 6 nitrogen and oxygen atoms in total. The quantitative estimate of drug-likeness (QED) is 0.828. The number of nitrogens with zero attached hydrogens (tertiary/aromatic N) is 2. The summed E-state index contributed by atoms with van der Waals surface area (Å²) in [6.45, 7) is 7.04. The number of ether oxygens (including phenoxy) is 1. The first-order valence-electron chi connectivity index (χ1n) is 8.18. The summed E-state index contributed by atoms with van der Waals surface area (Å²) in [4.78, 5) is 27.6. The Hall–Kier alpha value is -1.60. The van der Waals surface area contributed by atoms with Crippen LogP contribution in [-0.2, 0) is 9.53 Å². The van der Waals surface area contributed by atoms with Crippen LogP contribution in [0.3, 0.4) is 0 Å². The molecular weight excluding hydrogens is 374 g/mol. The Labute approximate surface area is 151 Å². The molecule has 1 aromatic rings. The van der Waals surface area contributed by atoms with E-state index in [0.717, 1.165) is 10.0 Å². The molecule has 0 bridgehead atoms. The normalized spacial score (nSPS) is 16.5. The molecular formula is C17H24BrN3O3. The van der Waals surface area contributed by atoms with E-state index in [4.69, 9.17) is 4.74 Å². The summed E-state index contributed by atoms with van der Waals surface area (Å²) < 4.78 is 6.01. The Morgan fingerprint density at radius 3 is 2.42 bits per heavy atom. The van der Waals surface area contributed by atoms with Crippen LogP contribution in [0.4, 0.5) is 4.79 Å². The summed E-state index contributed by atoms with van der Waals surface area (Å²) >= 11 is 3.40. The third kappa shape index (κ3) is 5.49. The predicted molar refractivity (Wildman–Crippen MR) is 95.7 cm³/mol. The molecule has 132 valence electrons. The summed E-state index contributed by atoms with van der Waals surface area (Å²) in [5, 5.41) is 3.02. The smallest absolute Gasteiger partial charge is 0.409 e. The Morgan fingerprint density at radius 2 is 1.83 bits per heavy atom. The van der Waals surface area contributed by atoms with E-state index in [1.165, 1.54) is 0 Å². The number of nitrogens with one attached hydrogen (secondary N) is 1. The maximum Gasteiger partial charge on any atom is 0.409 e. The van der Waals surface area contributed by atoms with Gasteiger partial charge in [0.1, 0.15) is 0 Å². The van der Waals surface area contributed by atoms with Crippen LogP contribution >= 0.6 is 15.9 Å². The molecule has 1 heterocycles. The highest BCUT2D eigenvalue weighted by Gasteiger charge is 2.23. The number of carbonyl (C=O) groups is 2. The number of hydrogen-bond donors (Lipinski definition) is 1. The fourth-order valence-corrected chi connectivity index (χ4v) is 2.89. The number of halogens is 1. The molecule has 1 aliphatic rings. The molecule has 7 heteroatoms. The van der Waals surface area contributed by atoms with Crippen LogP contribution < -0.4 is 5.32 Å². The number of benzene rings is 1. The van der Waals surface area contributed by atoms with E-state index in [0.29, 0.717) is 39.3 Å². The standard InChI is InChI=1S/C17H24BrN3O3/c1-3-24-17(23)21-10-8-20(9-11-21)12-16(22)19-13(2)14-4-6-15(18)7-5-14/h4-7,13H,3,8-12H2,1-2H3,(H,19,22)/t13-/m0/s1. The van der Waals surface area contributed by atoms with Gasteiger partial charge in [0.05, 0.1) is 19.2 Å². The molecule has 1 aromatic carbocycles. The molecule has 2 amide bonds. The SMILES string of the molecule is CCOC(=O)N1CCN(CC(=O)N[C@@H](C)c2ccc(Br)cc2)CC1. The van der Waals surface area contributed by atoms with E-state index >= 15 is 0 Å². The van der Waals surface area contributed by atoms with Gasteiger partial charge in [0.2, 0.25) is 5.91 Å². The molecule has 2 rings (SSSR count). The average Bonchev–Trinajstić information content (AvgIpc) is 2.56. The van der Waals surface area contributed by atoms with Gasteiger partial charge in [-0.25, -0.2) is 4.79 Å². The molecule has 1 saturated heterocycles. The third-order valence-electron chi connectivity index (χ3n) is 4.01. The lowest BCUT2D eigenvalue weighted by molar-refractivity contribution is -0.123. The van der Waals surface area contributed by atoms with Crippen LogP contribution in [-0.4, -0.2) is 61.1 Å². The molecule has 1 N–H and O–H groups in total. The number of carbonyl (C=O) groups excluding carboxylic acids is 2. The van der Waals surface area contributed by atoms with E-state index < -0.39 is 0 Å². The van der Waals surface area contributed by atoms with E-state index in [1.54, 1.807) is 11.8 Å². The van der Waals surface area contributed by atoms with Crippen molar-refractivity contribution in [2.45, 2.75) is 19.9 Å². The predicted octanol–water partition coefficient (Wildman–Crippen LogP) is 2.40. The van der Waals surface area contributed by atoms with Crippen LogP contribution in [0.2, 0.25) is 0 Å². The number of amides is 2. The van der Waals surface area contributed by atoms with Crippen molar-refractivity contribution in [3.05, 3.63) is 34.3 Å². The van der Waals surface area contributed by atoms with Crippen LogP contribution in [0, 0.1) is 0 Å². The lowest BCUT2D eigenvalue weighted by atomic mass is 10.1. The highest BCUT2D eigenvalue weighted by Crippen LogP contribution is 2.16. The van der Waals surface area contributed by atoms with Crippen LogP contribution in [0.25, 0.3) is 0 Å². The van der Waals surface area contributed by atoms with Gasteiger partial charge in [-0.3, -0.25) is 9.69 Å². The van der Waals surface area contributed by atoms with Crippen molar-refractivity contribution in [1.82, 2.24) is 15.1 Å². The minimum absolute atomic E-state index is 0.00463. The number of piperazine rings is 1. The second-order valence-corrected chi connectivity index (χ2v) is 6.72. The van der Waals surface area contributed by atoms with Gasteiger partial charge in [-0.05, 0) is 31.5 Å². The summed E-state index contributed by atoms with van der Waals surface area (Å²) in [5.41, 5.74) is 1.07. The highest BCUT2D eigenvalue weighted by atomic mass is 79.9. The van der Waals surface area contributed by atoms with Crippen LogP contribution in [0.1, 0.15) is 25.5 Å². The van der Waals surface area contributed by atoms with Gasteiger partial charge in [0.15, 0.2) is 0 Å². The molecule has 0 radical (unpaired) electrons. The van der Waals surface area contributed by atoms with Gasteiger partial charge in [0.25, 0.3) is 0 Å². The lowest BCUT2D eigenvalue weighted by Crippen LogP contribution is -2.51. The molecule has 0 aromatic heterocycles. The number of hydrogen-bond acceptors (Lipinski definition) is 4. The first-order valence-corrected chi connectivity index (χ1v) is 8.97. The minimum Gasteiger partial charge on any atom is -0.450 e. The van der Waals surface area contributed by atoms with Gasteiger partial charge in [-0.15, -0.1) is 0 Å². The second kappa shape index (κ2) is 9.03. The van der Waals surface area contributed by atoms with Crippen molar-refractivity contribution in [2.75, 3.05) is 39.3 Å². The summed E-state index contributed by atoms with van der Waals surface area (Å²) in [6.07, 6.45) is -0.273. The first kappa shape index (κ1) is 18.7. The zero-order valence-corrected chi connectivity index (χ0v) is 15.7. The Bertz CT molecular complexity index is 557. The average molecular weight is 398 g/mol. The van der Waals surface area contributed by atoms with Gasteiger partial charge in [0, 0.05) is 30.7 Å². The van der Waals surface area contributed by atoms with E-state index in [2.05, 4.69) is 26.1 Å². The summed E-state index contributed by atoms with van der Waals surface area (Å²) in [7, 11) is 0. The Kier molecular flexibility index (Phi) is 7.05. The fourth-order valence-electron chi connectivity index (χ4n) is 2.63. The summed E-state index contributed by atoms with van der Waals surface area (Å²) in [6, 6.07) is 7.88. The van der Waals surface area contributed by atoms with Crippen molar-refractivity contribution in [3.63, 3.8) is 0 Å². The van der Waals surface area contributed by atoms with Gasteiger partial charge >= 0.3 is 6.09 Å². The van der Waals surface area contributed by atoms with E-state index in [9.17, 15) is 9.59 Å². The van der Waals surface area contributed by atoms with Gasteiger partial charge in [-0.1, -0.05) is 28.1 Å². The Morgan fingerprint density at radius 1 is 1.21 bits per heavy atom. The van der Waals surface area contributed by atoms with Crippen molar-refractivity contribution in [1.29, 1.82) is 0 Å². The van der Waals surface area contributed by atoms with Crippen LogP contribution in [0.5, 0.6) is 0 Å². The fraction of sp³-hybridized carbons (Fsp3) is 0.529. The molecule has 0 saturated carbocycles. The molecule has 1 atom stereocenters. The van der Waals surface area contributed by atoms with Crippen molar-refractivity contribution >= 4 is 27.9 Å². The van der Waals surface area contributed by atoms with Crippen molar-refractivity contribution in [2.24, 2.45) is 0 Å². The van der Waals surface area contributed by atoms with E-state index in [1.807, 2.05) is 31.2 Å². The monoisotopic (exact) mass is 397 g/mol. The summed E-state index contributed by atoms with van der Waals surface area (Å²) in [5.74, 6) is -0.00463. The molecule has 1 aliphatic heterocycles. The first-order chi connectivity index (χ1) is 11.5. The largest absolute Gasteiger partial charge is 0.450 e. The zero-order valence-electron chi connectivity index (χ0n) is 14.1. The molecule has 0 unspecified atom stereocenters. The van der Waals surface area contributed by atoms with Crippen LogP contribution in [0.15, 0.2) is 28.7 Å². The minimum atomic E-state index is -0.273. The number of rotatable bonds is 5. The maximum atomic E-state index is 12.2. The molecule has 1 fully saturated rings. The van der Waals surface area contributed by atoms with Crippen molar-refractivity contribution < 1.29 is 14.3 Å².